The Morgan fingerprint density at radius 3 is 2.57 bits per heavy atom. The van der Waals surface area contributed by atoms with E-state index in [1.807, 2.05) is 0 Å². The minimum absolute atomic E-state index is 0.436. The number of hydrogen-bond donors (Lipinski definition) is 1. The SMILES string of the molecule is C=C(CN1CC[N+](C)(C)CC1)/C(N)=C1/C=CC=CN1C(C)CC. The van der Waals surface area contributed by atoms with Crippen LogP contribution >= 0.6 is 0 Å². The highest BCUT2D eigenvalue weighted by atomic mass is 15.4. The van der Waals surface area contributed by atoms with Gasteiger partial charge in [-0.05, 0) is 31.1 Å². The van der Waals surface area contributed by atoms with E-state index in [4.69, 9.17) is 5.73 Å². The average molecular weight is 318 g/mol. The summed E-state index contributed by atoms with van der Waals surface area (Å²) in [5.41, 5.74) is 9.40. The molecule has 2 aliphatic rings. The standard InChI is InChI=1S/C19H33N4/c1-6-17(3)22-10-8-7-9-18(22)19(20)16(2)15-21-11-13-23(4,5)14-12-21/h7-10,17H,2,6,11-15,20H2,1,3-5H3/q+1/b19-18+. The fourth-order valence-corrected chi connectivity index (χ4v) is 3.01. The van der Waals surface area contributed by atoms with Crippen LogP contribution in [-0.4, -0.2) is 67.1 Å². The van der Waals surface area contributed by atoms with Crippen molar-refractivity contribution in [3.05, 3.63) is 48.0 Å². The second-order valence-corrected chi connectivity index (χ2v) is 7.43. The van der Waals surface area contributed by atoms with Gasteiger partial charge in [-0.15, -0.1) is 0 Å². The molecule has 0 bridgehead atoms. The van der Waals surface area contributed by atoms with Crippen LogP contribution in [0.4, 0.5) is 0 Å². The van der Waals surface area contributed by atoms with Crippen molar-refractivity contribution in [2.75, 3.05) is 46.8 Å². The molecule has 23 heavy (non-hydrogen) atoms. The zero-order valence-electron chi connectivity index (χ0n) is 15.3. The van der Waals surface area contributed by atoms with Gasteiger partial charge in [0.05, 0.1) is 38.6 Å². The number of quaternary nitrogens is 1. The van der Waals surface area contributed by atoms with Gasteiger partial charge in [0, 0.05) is 31.9 Å². The molecule has 0 aliphatic carbocycles. The molecule has 128 valence electrons. The van der Waals surface area contributed by atoms with Crippen molar-refractivity contribution in [1.29, 1.82) is 0 Å². The van der Waals surface area contributed by atoms with E-state index in [1.54, 1.807) is 0 Å². The predicted molar refractivity (Wildman–Crippen MR) is 98.5 cm³/mol. The van der Waals surface area contributed by atoms with Crippen molar-refractivity contribution in [3.8, 4) is 0 Å². The average Bonchev–Trinajstić information content (AvgIpc) is 2.55. The van der Waals surface area contributed by atoms with E-state index in [9.17, 15) is 0 Å². The Balaban J connectivity index is 2.05. The van der Waals surface area contributed by atoms with Crippen LogP contribution in [0, 0.1) is 0 Å². The zero-order valence-corrected chi connectivity index (χ0v) is 15.3. The van der Waals surface area contributed by atoms with Gasteiger partial charge in [0.15, 0.2) is 0 Å². The molecule has 0 amide bonds. The summed E-state index contributed by atoms with van der Waals surface area (Å²) in [6.45, 7) is 14.1. The lowest BCUT2D eigenvalue weighted by molar-refractivity contribution is -0.894. The van der Waals surface area contributed by atoms with Crippen LogP contribution in [0.15, 0.2) is 48.0 Å². The second-order valence-electron chi connectivity index (χ2n) is 7.43. The van der Waals surface area contributed by atoms with Crippen LogP contribution in [0.25, 0.3) is 0 Å². The lowest BCUT2D eigenvalue weighted by atomic mass is 10.1. The Bertz CT molecular complexity index is 517. The van der Waals surface area contributed by atoms with Crippen molar-refractivity contribution >= 4 is 0 Å². The maximum absolute atomic E-state index is 6.47. The molecule has 1 fully saturated rings. The fourth-order valence-electron chi connectivity index (χ4n) is 3.01. The van der Waals surface area contributed by atoms with E-state index in [0.29, 0.717) is 6.04 Å². The third-order valence-corrected chi connectivity index (χ3v) is 5.07. The lowest BCUT2D eigenvalue weighted by Crippen LogP contribution is -2.55. The predicted octanol–water partition coefficient (Wildman–Crippen LogP) is 2.29. The summed E-state index contributed by atoms with van der Waals surface area (Å²) < 4.78 is 1.11. The molecular formula is C19H33N4+. The van der Waals surface area contributed by atoms with Crippen molar-refractivity contribution < 1.29 is 4.48 Å². The minimum Gasteiger partial charge on any atom is -0.397 e. The van der Waals surface area contributed by atoms with Crippen LogP contribution in [0.3, 0.4) is 0 Å². The highest BCUT2D eigenvalue weighted by Crippen LogP contribution is 2.23. The maximum Gasteiger partial charge on any atom is 0.0912 e. The first-order chi connectivity index (χ1) is 10.8. The van der Waals surface area contributed by atoms with Gasteiger partial charge >= 0.3 is 0 Å². The minimum atomic E-state index is 0.436. The number of allylic oxidation sites excluding steroid dienone is 3. The highest BCUT2D eigenvalue weighted by molar-refractivity contribution is 5.40. The Hall–Kier alpha value is -1.52. The Morgan fingerprint density at radius 2 is 1.96 bits per heavy atom. The van der Waals surface area contributed by atoms with Crippen molar-refractivity contribution in [2.24, 2.45) is 5.73 Å². The zero-order chi connectivity index (χ0) is 17.0. The van der Waals surface area contributed by atoms with Gasteiger partial charge < -0.3 is 15.1 Å². The molecule has 0 spiro atoms. The van der Waals surface area contributed by atoms with Crippen LogP contribution < -0.4 is 5.73 Å². The maximum atomic E-state index is 6.47. The van der Waals surface area contributed by atoms with E-state index in [-0.39, 0.29) is 0 Å². The molecule has 0 saturated carbocycles. The Morgan fingerprint density at radius 1 is 1.30 bits per heavy atom. The van der Waals surface area contributed by atoms with Gasteiger partial charge in [-0.25, -0.2) is 0 Å². The van der Waals surface area contributed by atoms with E-state index in [2.05, 4.69) is 68.7 Å². The highest BCUT2D eigenvalue weighted by Gasteiger charge is 2.25. The second kappa shape index (κ2) is 7.37. The summed E-state index contributed by atoms with van der Waals surface area (Å²) in [5, 5.41) is 0. The van der Waals surface area contributed by atoms with Gasteiger partial charge in [0.1, 0.15) is 0 Å². The molecule has 0 radical (unpaired) electrons. The molecule has 0 aromatic heterocycles. The summed E-state index contributed by atoms with van der Waals surface area (Å²) in [5.74, 6) is 0. The fraction of sp³-hybridized carbons (Fsp3) is 0.579. The number of nitrogens with zero attached hydrogens (tertiary/aromatic N) is 3. The normalized spacial score (nSPS) is 24.6. The number of rotatable bonds is 5. The summed E-state index contributed by atoms with van der Waals surface area (Å²) in [6, 6.07) is 0.436. The number of nitrogens with two attached hydrogens (primary N) is 1. The van der Waals surface area contributed by atoms with Crippen molar-refractivity contribution in [3.63, 3.8) is 0 Å². The first-order valence-electron chi connectivity index (χ1n) is 8.69. The Labute approximate surface area is 141 Å². The molecule has 2 aliphatic heterocycles. The molecule has 2 rings (SSSR count). The molecule has 1 unspecified atom stereocenters. The first-order valence-corrected chi connectivity index (χ1v) is 8.69. The molecule has 2 heterocycles. The third kappa shape index (κ3) is 4.49. The van der Waals surface area contributed by atoms with E-state index < -0.39 is 0 Å². The van der Waals surface area contributed by atoms with Crippen LogP contribution in [0.5, 0.6) is 0 Å². The largest absolute Gasteiger partial charge is 0.397 e. The van der Waals surface area contributed by atoms with E-state index >= 15 is 0 Å². The van der Waals surface area contributed by atoms with E-state index in [1.165, 1.54) is 13.1 Å². The van der Waals surface area contributed by atoms with Crippen LogP contribution in [-0.2, 0) is 0 Å². The number of hydrogen-bond acceptors (Lipinski definition) is 3. The lowest BCUT2D eigenvalue weighted by Gasteiger charge is -2.39. The molecule has 2 N–H and O–H groups in total. The molecule has 1 saturated heterocycles. The monoisotopic (exact) mass is 317 g/mol. The van der Waals surface area contributed by atoms with Crippen LogP contribution in [0.1, 0.15) is 20.3 Å². The van der Waals surface area contributed by atoms with Crippen molar-refractivity contribution in [1.82, 2.24) is 9.80 Å². The summed E-state index contributed by atoms with van der Waals surface area (Å²) in [4.78, 5) is 4.73. The Kier molecular flexibility index (Phi) is 5.71. The van der Waals surface area contributed by atoms with Gasteiger partial charge in [-0.3, -0.25) is 4.90 Å². The third-order valence-electron chi connectivity index (χ3n) is 5.07. The molecule has 0 aromatic carbocycles. The molecule has 4 nitrogen and oxygen atoms in total. The van der Waals surface area contributed by atoms with Gasteiger partial charge in [0.2, 0.25) is 0 Å². The van der Waals surface area contributed by atoms with Gasteiger partial charge in [-0.1, -0.05) is 19.6 Å². The van der Waals surface area contributed by atoms with Crippen LogP contribution in [0.2, 0.25) is 0 Å². The molecule has 0 aromatic rings. The van der Waals surface area contributed by atoms with E-state index in [0.717, 1.165) is 47.5 Å². The molecule has 1 atom stereocenters. The quantitative estimate of drug-likeness (QED) is 0.790. The smallest absolute Gasteiger partial charge is 0.0912 e. The van der Waals surface area contributed by atoms with Gasteiger partial charge in [0.25, 0.3) is 0 Å². The molecular weight excluding hydrogens is 284 g/mol. The molecule has 4 heteroatoms. The summed E-state index contributed by atoms with van der Waals surface area (Å²) >= 11 is 0. The summed E-state index contributed by atoms with van der Waals surface area (Å²) in [6.07, 6.45) is 9.42. The van der Waals surface area contributed by atoms with Gasteiger partial charge in [-0.2, -0.15) is 0 Å². The van der Waals surface area contributed by atoms with Crippen molar-refractivity contribution in [2.45, 2.75) is 26.3 Å². The number of likely N-dealkylation sites (N-methyl/N-ethyl adjacent to an activating group) is 1. The summed E-state index contributed by atoms with van der Waals surface area (Å²) in [7, 11) is 4.59. The first kappa shape index (κ1) is 17.8. The number of piperazine rings is 1. The topological polar surface area (TPSA) is 32.5 Å².